The van der Waals surface area contributed by atoms with Crippen LogP contribution >= 0.6 is 12.2 Å². The van der Waals surface area contributed by atoms with Gasteiger partial charge in [0, 0.05) is 17.5 Å². The van der Waals surface area contributed by atoms with Crippen LogP contribution in [0.25, 0.3) is 11.3 Å². The number of H-pyrrole nitrogens is 2. The summed E-state index contributed by atoms with van der Waals surface area (Å²) in [5.41, 5.74) is 3.98. The van der Waals surface area contributed by atoms with Crippen LogP contribution < -0.4 is 0 Å². The summed E-state index contributed by atoms with van der Waals surface area (Å²) in [5, 5.41) is 18.8. The van der Waals surface area contributed by atoms with Crippen molar-refractivity contribution in [3.8, 4) is 11.3 Å². The summed E-state index contributed by atoms with van der Waals surface area (Å²) in [6.45, 7) is 0. The molecular formula is C19H16N6S. The van der Waals surface area contributed by atoms with Crippen LogP contribution in [-0.2, 0) is 6.42 Å². The molecule has 2 heterocycles. The molecule has 7 heteroatoms. The Morgan fingerprint density at radius 3 is 2.50 bits per heavy atom. The Kier molecular flexibility index (Phi) is 4.53. The zero-order valence-electron chi connectivity index (χ0n) is 13.8. The van der Waals surface area contributed by atoms with Gasteiger partial charge in [0.2, 0.25) is 4.77 Å². The second-order valence-corrected chi connectivity index (χ2v) is 6.12. The maximum atomic E-state index is 5.32. The van der Waals surface area contributed by atoms with E-state index in [2.05, 4.69) is 37.6 Å². The lowest BCUT2D eigenvalue weighted by atomic mass is 10.1. The van der Waals surface area contributed by atoms with Crippen molar-refractivity contribution in [1.82, 2.24) is 25.1 Å². The molecule has 0 aliphatic heterocycles. The molecule has 0 spiro atoms. The van der Waals surface area contributed by atoms with Crippen molar-refractivity contribution in [2.24, 2.45) is 5.10 Å². The van der Waals surface area contributed by atoms with E-state index in [9.17, 15) is 0 Å². The van der Waals surface area contributed by atoms with Gasteiger partial charge in [0.1, 0.15) is 0 Å². The second kappa shape index (κ2) is 7.28. The van der Waals surface area contributed by atoms with E-state index in [0.29, 0.717) is 11.2 Å². The fraction of sp³-hybridized carbons (Fsp3) is 0.0526. The molecule has 26 heavy (non-hydrogen) atoms. The predicted octanol–water partition coefficient (Wildman–Crippen LogP) is 3.80. The van der Waals surface area contributed by atoms with Gasteiger partial charge < -0.3 is 0 Å². The highest BCUT2D eigenvalue weighted by atomic mass is 32.1. The summed E-state index contributed by atoms with van der Waals surface area (Å²) in [6, 6.07) is 20.1. The van der Waals surface area contributed by atoms with Gasteiger partial charge in [-0.1, -0.05) is 60.7 Å². The van der Waals surface area contributed by atoms with E-state index >= 15 is 0 Å². The van der Waals surface area contributed by atoms with Gasteiger partial charge in [0.25, 0.3) is 0 Å². The lowest BCUT2D eigenvalue weighted by molar-refractivity contribution is 0.792. The van der Waals surface area contributed by atoms with Gasteiger partial charge in [-0.15, -0.1) is 0 Å². The minimum Gasteiger partial charge on any atom is -0.277 e. The van der Waals surface area contributed by atoms with E-state index in [1.807, 2.05) is 48.5 Å². The average Bonchev–Trinajstić information content (AvgIpc) is 3.29. The highest BCUT2D eigenvalue weighted by molar-refractivity contribution is 7.71. The molecule has 2 aromatic heterocycles. The zero-order valence-corrected chi connectivity index (χ0v) is 14.6. The van der Waals surface area contributed by atoms with Gasteiger partial charge in [0.15, 0.2) is 5.82 Å². The van der Waals surface area contributed by atoms with Crippen LogP contribution in [0.4, 0.5) is 0 Å². The molecule has 0 aliphatic carbocycles. The molecule has 2 aromatic carbocycles. The van der Waals surface area contributed by atoms with E-state index in [-0.39, 0.29) is 0 Å². The fourth-order valence-electron chi connectivity index (χ4n) is 2.69. The number of hydrogen-bond donors (Lipinski definition) is 2. The minimum absolute atomic E-state index is 0.455. The van der Waals surface area contributed by atoms with Crippen molar-refractivity contribution in [1.29, 1.82) is 0 Å². The molecular weight excluding hydrogens is 344 g/mol. The Morgan fingerprint density at radius 2 is 1.73 bits per heavy atom. The quantitative estimate of drug-likeness (QED) is 0.420. The van der Waals surface area contributed by atoms with Crippen molar-refractivity contribution in [3.05, 3.63) is 88.6 Å². The van der Waals surface area contributed by atoms with E-state index in [1.165, 1.54) is 0 Å². The average molecular weight is 360 g/mol. The minimum atomic E-state index is 0.455. The summed E-state index contributed by atoms with van der Waals surface area (Å²) in [7, 11) is 0. The predicted molar refractivity (Wildman–Crippen MR) is 104 cm³/mol. The number of benzene rings is 2. The van der Waals surface area contributed by atoms with Gasteiger partial charge in [0.05, 0.1) is 18.1 Å². The highest BCUT2D eigenvalue weighted by Crippen LogP contribution is 2.19. The molecule has 0 saturated heterocycles. The first-order valence-corrected chi connectivity index (χ1v) is 8.55. The van der Waals surface area contributed by atoms with Gasteiger partial charge in [-0.3, -0.25) is 10.2 Å². The molecule has 2 N–H and O–H groups in total. The first kappa shape index (κ1) is 16.2. The van der Waals surface area contributed by atoms with E-state index in [1.54, 1.807) is 17.1 Å². The van der Waals surface area contributed by atoms with Crippen molar-refractivity contribution >= 4 is 18.4 Å². The van der Waals surface area contributed by atoms with Gasteiger partial charge in [-0.05, 0) is 17.8 Å². The van der Waals surface area contributed by atoms with Crippen LogP contribution in [0.3, 0.4) is 0 Å². The lowest BCUT2D eigenvalue weighted by Crippen LogP contribution is -2.00. The summed E-state index contributed by atoms with van der Waals surface area (Å²) in [4.78, 5) is 0. The van der Waals surface area contributed by atoms with E-state index in [4.69, 9.17) is 12.2 Å². The normalized spacial score (nSPS) is 11.2. The highest BCUT2D eigenvalue weighted by Gasteiger charge is 2.08. The SMILES string of the molecule is S=c1[nH]nc(Cc2ccccc2)n1/N=C/c1cn[nH]c1-c1ccccc1. The summed E-state index contributed by atoms with van der Waals surface area (Å²) in [6.07, 6.45) is 4.13. The number of nitrogens with one attached hydrogen (secondary N) is 2. The summed E-state index contributed by atoms with van der Waals surface area (Å²) >= 11 is 5.32. The van der Waals surface area contributed by atoms with Crippen LogP contribution in [0.5, 0.6) is 0 Å². The number of aromatic nitrogens is 5. The molecule has 128 valence electrons. The molecule has 0 fully saturated rings. The fourth-order valence-corrected chi connectivity index (χ4v) is 2.88. The summed E-state index contributed by atoms with van der Waals surface area (Å²) in [5.74, 6) is 0.752. The standard InChI is InChI=1S/C19H16N6S/c26-19-24-22-17(11-14-7-3-1-4-8-14)25(19)21-13-16-12-20-23-18(16)15-9-5-2-6-10-15/h1-10,12-13H,11H2,(H,20,23)(H,24,26)/b21-13+. The number of hydrogen-bond acceptors (Lipinski definition) is 4. The number of aromatic amines is 2. The first-order valence-electron chi connectivity index (χ1n) is 8.14. The Bertz CT molecular complexity index is 1080. The Balaban J connectivity index is 1.64. The number of rotatable bonds is 5. The molecule has 0 atom stereocenters. The number of nitrogens with zero attached hydrogens (tertiary/aromatic N) is 4. The third kappa shape index (κ3) is 3.38. The van der Waals surface area contributed by atoms with Gasteiger partial charge in [-0.2, -0.15) is 20.0 Å². The molecule has 0 bridgehead atoms. The van der Waals surface area contributed by atoms with Crippen LogP contribution in [0.15, 0.2) is 72.0 Å². The largest absolute Gasteiger partial charge is 0.277 e. The Hall–Kier alpha value is -3.32. The maximum absolute atomic E-state index is 5.32. The molecule has 0 amide bonds. The maximum Gasteiger partial charge on any atom is 0.216 e. The van der Waals surface area contributed by atoms with Crippen LogP contribution in [0.1, 0.15) is 17.0 Å². The lowest BCUT2D eigenvalue weighted by Gasteiger charge is -2.02. The van der Waals surface area contributed by atoms with Gasteiger partial charge in [-0.25, -0.2) is 0 Å². The van der Waals surface area contributed by atoms with Crippen LogP contribution in [-0.4, -0.2) is 31.3 Å². The molecule has 6 nitrogen and oxygen atoms in total. The van der Waals surface area contributed by atoms with Crippen molar-refractivity contribution < 1.29 is 0 Å². The van der Waals surface area contributed by atoms with E-state index < -0.39 is 0 Å². The van der Waals surface area contributed by atoms with Crippen molar-refractivity contribution in [3.63, 3.8) is 0 Å². The third-order valence-corrected chi connectivity index (χ3v) is 4.23. The first-order chi connectivity index (χ1) is 12.8. The molecule has 0 unspecified atom stereocenters. The van der Waals surface area contributed by atoms with E-state index in [0.717, 1.165) is 28.2 Å². The topological polar surface area (TPSA) is 74.7 Å². The van der Waals surface area contributed by atoms with Crippen LogP contribution in [0, 0.1) is 4.77 Å². The Morgan fingerprint density at radius 1 is 1.00 bits per heavy atom. The van der Waals surface area contributed by atoms with Crippen molar-refractivity contribution in [2.45, 2.75) is 6.42 Å². The third-order valence-electron chi connectivity index (χ3n) is 3.97. The Labute approximate surface area is 155 Å². The molecule has 4 aromatic rings. The molecule has 0 radical (unpaired) electrons. The zero-order chi connectivity index (χ0) is 17.8. The molecule has 0 aliphatic rings. The van der Waals surface area contributed by atoms with Crippen LogP contribution in [0.2, 0.25) is 0 Å². The molecule has 0 saturated carbocycles. The second-order valence-electron chi connectivity index (χ2n) is 5.73. The van der Waals surface area contributed by atoms with Crippen molar-refractivity contribution in [2.75, 3.05) is 0 Å². The molecule has 4 rings (SSSR count). The summed E-state index contributed by atoms with van der Waals surface area (Å²) < 4.78 is 2.10. The van der Waals surface area contributed by atoms with Gasteiger partial charge >= 0.3 is 0 Å². The monoisotopic (exact) mass is 360 g/mol. The smallest absolute Gasteiger partial charge is 0.216 e.